The zero-order chi connectivity index (χ0) is 26.4. The van der Waals surface area contributed by atoms with Crippen molar-refractivity contribution < 1.29 is 19.8 Å². The molecule has 8 heteroatoms. The van der Waals surface area contributed by atoms with Crippen LogP contribution >= 0.6 is 27.9 Å². The van der Waals surface area contributed by atoms with Crippen LogP contribution in [0.4, 0.5) is 5.69 Å². The van der Waals surface area contributed by atoms with Crippen LogP contribution in [0.1, 0.15) is 59.5 Å². The second-order valence-corrected chi connectivity index (χ2v) is 11.6. The van der Waals surface area contributed by atoms with Gasteiger partial charge < -0.3 is 15.1 Å². The average Bonchev–Trinajstić information content (AvgIpc) is 2.89. The van der Waals surface area contributed by atoms with E-state index in [1.165, 1.54) is 61.7 Å². The zero-order valence-corrected chi connectivity index (χ0v) is 23.2. The molecule has 1 fully saturated rings. The van der Waals surface area contributed by atoms with E-state index < -0.39 is 5.97 Å². The number of halogens is 1. The summed E-state index contributed by atoms with van der Waals surface area (Å²) in [6.45, 7) is 0.439. The third-order valence-corrected chi connectivity index (χ3v) is 8.11. The number of phenols is 1. The van der Waals surface area contributed by atoms with Crippen molar-refractivity contribution in [1.29, 1.82) is 0 Å². The predicted octanol–water partition coefficient (Wildman–Crippen LogP) is 7.07. The lowest BCUT2D eigenvalue weighted by Crippen LogP contribution is -2.36. The topological polar surface area (TPSA) is 81.1 Å². The predicted molar refractivity (Wildman–Crippen MR) is 151 cm³/mol. The number of hydrogen-bond donors (Lipinski definition) is 2. The van der Waals surface area contributed by atoms with Crippen LogP contribution in [0.3, 0.4) is 0 Å². The highest BCUT2D eigenvalue weighted by Gasteiger charge is 2.22. The summed E-state index contributed by atoms with van der Waals surface area (Å²) in [6, 6.07) is 20.6. The van der Waals surface area contributed by atoms with Crippen LogP contribution in [-0.4, -0.2) is 40.0 Å². The molecule has 0 aromatic heterocycles. The highest BCUT2D eigenvalue weighted by molar-refractivity contribution is 9.10. The number of rotatable bonds is 9. The van der Waals surface area contributed by atoms with E-state index in [0.29, 0.717) is 18.2 Å². The number of anilines is 1. The van der Waals surface area contributed by atoms with E-state index in [2.05, 4.69) is 40.2 Å². The van der Waals surface area contributed by atoms with Gasteiger partial charge in [-0.25, -0.2) is 9.10 Å². The third-order valence-electron chi connectivity index (χ3n) is 6.65. The minimum atomic E-state index is -1.22. The van der Waals surface area contributed by atoms with Crippen molar-refractivity contribution in [2.75, 3.05) is 18.5 Å². The molecule has 0 saturated heterocycles. The highest BCUT2D eigenvalue weighted by atomic mass is 79.9. The van der Waals surface area contributed by atoms with Crippen LogP contribution < -0.4 is 4.90 Å². The number of amides is 1. The molecule has 0 unspecified atom stereocenters. The second-order valence-electron chi connectivity index (χ2n) is 9.39. The zero-order valence-electron chi connectivity index (χ0n) is 20.8. The summed E-state index contributed by atoms with van der Waals surface area (Å²) in [5.74, 6) is -1.14. The van der Waals surface area contributed by atoms with Gasteiger partial charge in [0.1, 0.15) is 11.3 Å². The van der Waals surface area contributed by atoms with Crippen LogP contribution in [0.5, 0.6) is 5.75 Å². The lowest BCUT2D eigenvalue weighted by atomic mass is 9.84. The molecule has 1 amide bonds. The summed E-state index contributed by atoms with van der Waals surface area (Å²) in [5.41, 5.74) is 2.56. The first-order valence-corrected chi connectivity index (χ1v) is 14.0. The van der Waals surface area contributed by atoms with E-state index in [0.717, 1.165) is 14.9 Å². The number of carbonyl (C=O) groups is 2. The molecule has 0 atom stereocenters. The van der Waals surface area contributed by atoms with Gasteiger partial charge in [-0.15, -0.1) is 0 Å². The molecule has 6 nitrogen and oxygen atoms in total. The largest absolute Gasteiger partial charge is 0.507 e. The number of benzene rings is 3. The molecule has 0 aliphatic heterocycles. The molecular weight excluding hydrogens is 552 g/mol. The Labute approximate surface area is 230 Å². The van der Waals surface area contributed by atoms with E-state index in [-0.39, 0.29) is 23.8 Å². The molecule has 3 aromatic carbocycles. The van der Waals surface area contributed by atoms with Gasteiger partial charge in [0.05, 0.1) is 13.1 Å². The molecule has 0 spiro atoms. The summed E-state index contributed by atoms with van der Waals surface area (Å²) in [4.78, 5) is 27.5. The Morgan fingerprint density at radius 2 is 1.65 bits per heavy atom. The first-order chi connectivity index (χ1) is 17.8. The van der Waals surface area contributed by atoms with Crippen LogP contribution in [0.15, 0.2) is 76.1 Å². The van der Waals surface area contributed by atoms with E-state index in [9.17, 15) is 19.8 Å². The number of aromatic carboxylic acids is 1. The quantitative estimate of drug-likeness (QED) is 0.262. The Morgan fingerprint density at radius 3 is 2.27 bits per heavy atom. The van der Waals surface area contributed by atoms with Crippen LogP contribution in [-0.2, 0) is 11.3 Å². The van der Waals surface area contributed by atoms with Crippen molar-refractivity contribution in [2.45, 2.75) is 49.5 Å². The Morgan fingerprint density at radius 1 is 0.973 bits per heavy atom. The number of hydrogen-bond acceptors (Lipinski definition) is 5. The lowest BCUT2D eigenvalue weighted by molar-refractivity contribution is -0.118. The monoisotopic (exact) mass is 582 g/mol. The molecule has 194 valence electrons. The van der Waals surface area contributed by atoms with Crippen molar-refractivity contribution in [2.24, 2.45) is 0 Å². The first-order valence-electron chi connectivity index (χ1n) is 12.4. The maximum Gasteiger partial charge on any atom is 0.339 e. The second kappa shape index (κ2) is 12.6. The van der Waals surface area contributed by atoms with Crippen molar-refractivity contribution in [3.05, 3.63) is 87.9 Å². The van der Waals surface area contributed by atoms with Gasteiger partial charge in [0.25, 0.3) is 0 Å². The molecule has 4 rings (SSSR count). The number of carboxylic acid groups (broad SMARTS) is 1. The lowest BCUT2D eigenvalue weighted by Gasteiger charge is -2.26. The molecule has 0 bridgehead atoms. The molecule has 0 radical (unpaired) electrons. The fourth-order valence-electron chi connectivity index (χ4n) is 4.69. The van der Waals surface area contributed by atoms with Gasteiger partial charge in [0.15, 0.2) is 0 Å². The molecule has 37 heavy (non-hydrogen) atoms. The van der Waals surface area contributed by atoms with Gasteiger partial charge in [-0.2, -0.15) is 0 Å². The number of likely N-dealkylation sites (N-methyl/N-ethyl adjacent to an activating group) is 1. The van der Waals surface area contributed by atoms with Gasteiger partial charge in [-0.3, -0.25) is 4.79 Å². The van der Waals surface area contributed by atoms with E-state index in [1.807, 2.05) is 35.6 Å². The Hall–Kier alpha value is -2.81. The maximum absolute atomic E-state index is 13.5. The first kappa shape index (κ1) is 27.2. The Balaban J connectivity index is 1.53. The summed E-state index contributed by atoms with van der Waals surface area (Å²) in [6.07, 6.45) is 6.31. The maximum atomic E-state index is 13.5. The van der Waals surface area contributed by atoms with Crippen molar-refractivity contribution in [3.8, 4) is 5.75 Å². The molecule has 3 aromatic rings. The van der Waals surface area contributed by atoms with Gasteiger partial charge in [-0.05, 0) is 85.3 Å². The van der Waals surface area contributed by atoms with E-state index >= 15 is 0 Å². The fraction of sp³-hybridized carbons (Fsp3) is 0.310. The Bertz CT molecular complexity index is 1230. The van der Waals surface area contributed by atoms with E-state index in [4.69, 9.17) is 0 Å². The summed E-state index contributed by atoms with van der Waals surface area (Å²) in [7, 11) is 1.85. The van der Waals surface area contributed by atoms with Gasteiger partial charge in [0, 0.05) is 21.1 Å². The summed E-state index contributed by atoms with van der Waals surface area (Å²) in [5, 5.41) is 19.6. The Kier molecular flexibility index (Phi) is 9.29. The molecular formula is C29H31BrN2O4S. The fourth-order valence-corrected chi connectivity index (χ4v) is 5.75. The molecule has 1 aliphatic rings. The van der Waals surface area contributed by atoms with E-state index in [1.54, 1.807) is 11.0 Å². The normalized spacial score (nSPS) is 14.0. The number of carboxylic acids is 1. The minimum absolute atomic E-state index is 0.127. The minimum Gasteiger partial charge on any atom is -0.507 e. The standard InChI is InChI=1S/C29H31BrN2O4S/c1-31(37-25-14-11-23(30)12-15-25)19-28(34)32(24-13-16-26(29(35)36)27(33)17-24)18-20-7-9-22(10-8-20)21-5-3-2-4-6-21/h7-17,21,33H,2-6,18-19H2,1H3,(H,35,36). The smallest absolute Gasteiger partial charge is 0.339 e. The summed E-state index contributed by atoms with van der Waals surface area (Å²) >= 11 is 4.90. The summed E-state index contributed by atoms with van der Waals surface area (Å²) < 4.78 is 2.84. The molecule has 0 heterocycles. The molecule has 2 N–H and O–H groups in total. The SMILES string of the molecule is CN(CC(=O)N(Cc1ccc(C2CCCCC2)cc1)c1ccc(C(=O)O)c(O)c1)Sc1ccc(Br)cc1. The number of aromatic hydroxyl groups is 1. The molecule has 1 saturated carbocycles. The van der Waals surface area contributed by atoms with Crippen molar-refractivity contribution >= 4 is 45.4 Å². The van der Waals surface area contributed by atoms with Crippen molar-refractivity contribution in [1.82, 2.24) is 4.31 Å². The van der Waals surface area contributed by atoms with Crippen LogP contribution in [0.2, 0.25) is 0 Å². The number of carbonyl (C=O) groups excluding carboxylic acids is 1. The highest BCUT2D eigenvalue weighted by Crippen LogP contribution is 2.33. The van der Waals surface area contributed by atoms with Gasteiger partial charge in [-0.1, -0.05) is 59.5 Å². The van der Waals surface area contributed by atoms with Crippen LogP contribution in [0.25, 0.3) is 0 Å². The average molecular weight is 584 g/mol. The van der Waals surface area contributed by atoms with Crippen molar-refractivity contribution in [3.63, 3.8) is 0 Å². The number of nitrogens with zero attached hydrogens (tertiary/aromatic N) is 2. The molecule has 1 aliphatic carbocycles. The van der Waals surface area contributed by atoms with Gasteiger partial charge >= 0.3 is 5.97 Å². The third kappa shape index (κ3) is 7.37. The van der Waals surface area contributed by atoms with Gasteiger partial charge in [0.2, 0.25) is 5.91 Å². The van der Waals surface area contributed by atoms with Crippen LogP contribution in [0, 0.1) is 0 Å².